The van der Waals surface area contributed by atoms with Crippen molar-refractivity contribution in [2.24, 2.45) is 0 Å². The predicted molar refractivity (Wildman–Crippen MR) is 98.6 cm³/mol. The summed E-state index contributed by atoms with van der Waals surface area (Å²) in [5.41, 5.74) is 1.16. The molecule has 2 N–H and O–H groups in total. The van der Waals surface area contributed by atoms with Gasteiger partial charge in [0.1, 0.15) is 11.6 Å². The van der Waals surface area contributed by atoms with Crippen LogP contribution in [0.15, 0.2) is 42.6 Å². The fourth-order valence-corrected chi connectivity index (χ4v) is 3.04. The molecular weight excluding hydrogens is 340 g/mol. The molecule has 6 nitrogen and oxygen atoms in total. The smallest absolute Gasteiger partial charge is 0.280 e. The second-order valence-corrected chi connectivity index (χ2v) is 6.46. The molecule has 0 bridgehead atoms. The molecule has 0 unspecified atom stereocenters. The Hall–Kier alpha value is -2.31. The van der Waals surface area contributed by atoms with Gasteiger partial charge in [-0.1, -0.05) is 17.7 Å². The van der Waals surface area contributed by atoms with Crippen molar-refractivity contribution in [3.63, 3.8) is 0 Å². The van der Waals surface area contributed by atoms with Crippen LogP contribution >= 0.6 is 11.6 Å². The van der Waals surface area contributed by atoms with Crippen molar-refractivity contribution in [3.05, 3.63) is 47.6 Å². The number of amides is 1. The van der Waals surface area contributed by atoms with Crippen LogP contribution in [0.4, 0.5) is 11.5 Å². The number of piperazine rings is 1. The van der Waals surface area contributed by atoms with E-state index < -0.39 is 0 Å². The maximum atomic E-state index is 12.2. The lowest BCUT2D eigenvalue weighted by Crippen LogP contribution is -3.15. The van der Waals surface area contributed by atoms with Crippen LogP contribution in [0.3, 0.4) is 0 Å². The topological polar surface area (TPSA) is 58.9 Å². The molecule has 2 aromatic rings. The van der Waals surface area contributed by atoms with Crippen LogP contribution in [-0.4, -0.2) is 50.7 Å². The van der Waals surface area contributed by atoms with E-state index in [1.54, 1.807) is 19.2 Å². The third-order valence-electron chi connectivity index (χ3n) is 4.29. The number of anilines is 2. The van der Waals surface area contributed by atoms with E-state index >= 15 is 0 Å². The van der Waals surface area contributed by atoms with Gasteiger partial charge in [0.15, 0.2) is 6.54 Å². The SMILES string of the molecule is COc1cccc(N2CC[NH+](CC(=O)Nc3ccc(Cl)cn3)CC2)c1. The van der Waals surface area contributed by atoms with Crippen molar-refractivity contribution in [1.82, 2.24) is 4.98 Å². The zero-order valence-electron chi connectivity index (χ0n) is 14.2. The molecule has 7 heteroatoms. The number of carbonyl (C=O) groups excluding carboxylic acids is 1. The highest BCUT2D eigenvalue weighted by Gasteiger charge is 2.22. The predicted octanol–water partition coefficient (Wildman–Crippen LogP) is 1.09. The Morgan fingerprint density at radius 1 is 1.32 bits per heavy atom. The molecule has 0 saturated carbocycles. The summed E-state index contributed by atoms with van der Waals surface area (Å²) in [6.07, 6.45) is 1.52. The van der Waals surface area contributed by atoms with E-state index in [9.17, 15) is 4.79 Å². The number of pyridine rings is 1. The molecule has 1 aromatic heterocycles. The summed E-state index contributed by atoms with van der Waals surface area (Å²) in [6, 6.07) is 11.5. The Balaban J connectivity index is 1.48. The van der Waals surface area contributed by atoms with Crippen molar-refractivity contribution in [2.45, 2.75) is 0 Å². The number of aromatic nitrogens is 1. The Kier molecular flexibility index (Phi) is 5.73. The van der Waals surface area contributed by atoms with Gasteiger partial charge in [-0.15, -0.1) is 0 Å². The number of hydrogen-bond acceptors (Lipinski definition) is 4. The van der Waals surface area contributed by atoms with Crippen molar-refractivity contribution in [2.75, 3.05) is 50.1 Å². The van der Waals surface area contributed by atoms with Gasteiger partial charge in [-0.2, -0.15) is 0 Å². The molecule has 132 valence electrons. The number of quaternary nitrogens is 1. The molecule has 1 fully saturated rings. The lowest BCUT2D eigenvalue weighted by molar-refractivity contribution is -0.892. The van der Waals surface area contributed by atoms with Crippen molar-refractivity contribution in [1.29, 1.82) is 0 Å². The van der Waals surface area contributed by atoms with Crippen LogP contribution in [0, 0.1) is 0 Å². The molecule has 1 aliphatic rings. The zero-order chi connectivity index (χ0) is 17.6. The van der Waals surface area contributed by atoms with E-state index in [2.05, 4.69) is 21.3 Å². The maximum absolute atomic E-state index is 12.2. The van der Waals surface area contributed by atoms with Crippen LogP contribution in [-0.2, 0) is 4.79 Å². The van der Waals surface area contributed by atoms with Crippen LogP contribution in [0.5, 0.6) is 5.75 Å². The molecule has 3 rings (SSSR count). The highest BCUT2D eigenvalue weighted by Crippen LogP contribution is 2.20. The maximum Gasteiger partial charge on any atom is 0.280 e. The Bertz CT molecular complexity index is 715. The summed E-state index contributed by atoms with van der Waals surface area (Å²) >= 11 is 5.80. The molecule has 0 spiro atoms. The number of nitrogens with one attached hydrogen (secondary N) is 2. The summed E-state index contributed by atoms with van der Waals surface area (Å²) < 4.78 is 5.28. The quantitative estimate of drug-likeness (QED) is 0.837. The standard InChI is InChI=1S/C18H21ClN4O2/c1-25-16-4-2-3-15(11-16)23-9-7-22(8-10-23)13-18(24)21-17-6-5-14(19)12-20-17/h2-6,11-12H,7-10,13H2,1H3,(H,20,21,24)/p+1. The minimum atomic E-state index is -0.0281. The van der Waals surface area contributed by atoms with E-state index in [1.807, 2.05) is 18.2 Å². The summed E-state index contributed by atoms with van der Waals surface area (Å²) in [7, 11) is 1.68. The molecule has 1 aliphatic heterocycles. The van der Waals surface area contributed by atoms with Gasteiger partial charge in [-0.05, 0) is 24.3 Å². The van der Waals surface area contributed by atoms with Gasteiger partial charge in [0.05, 0.1) is 38.3 Å². The molecule has 0 atom stereocenters. The summed E-state index contributed by atoms with van der Waals surface area (Å²) in [5.74, 6) is 1.37. The van der Waals surface area contributed by atoms with Crippen molar-refractivity contribution >= 4 is 29.0 Å². The Morgan fingerprint density at radius 2 is 2.12 bits per heavy atom. The number of ether oxygens (including phenoxy) is 1. The normalized spacial score (nSPS) is 15.0. The average Bonchev–Trinajstić information content (AvgIpc) is 2.64. The second-order valence-electron chi connectivity index (χ2n) is 6.03. The van der Waals surface area contributed by atoms with Gasteiger partial charge >= 0.3 is 0 Å². The number of rotatable bonds is 5. The Labute approximate surface area is 152 Å². The lowest BCUT2D eigenvalue weighted by Gasteiger charge is -2.33. The van der Waals surface area contributed by atoms with Crippen molar-refractivity contribution in [3.8, 4) is 5.75 Å². The highest BCUT2D eigenvalue weighted by atomic mass is 35.5. The number of hydrogen-bond donors (Lipinski definition) is 2. The van der Waals surface area contributed by atoms with E-state index in [0.29, 0.717) is 17.4 Å². The summed E-state index contributed by atoms with van der Waals surface area (Å²) in [4.78, 5) is 19.8. The van der Waals surface area contributed by atoms with Gasteiger partial charge in [-0.25, -0.2) is 4.98 Å². The molecule has 1 amide bonds. The van der Waals surface area contributed by atoms with Gasteiger partial charge in [-0.3, -0.25) is 4.79 Å². The van der Waals surface area contributed by atoms with Crippen LogP contribution in [0.25, 0.3) is 0 Å². The van der Waals surface area contributed by atoms with Crippen LogP contribution in [0.2, 0.25) is 5.02 Å². The third kappa shape index (κ3) is 4.84. The van der Waals surface area contributed by atoms with Gasteiger partial charge < -0.3 is 19.9 Å². The van der Waals surface area contributed by atoms with Gasteiger partial charge in [0, 0.05) is 18.0 Å². The number of benzene rings is 1. The zero-order valence-corrected chi connectivity index (χ0v) is 14.9. The fraction of sp³-hybridized carbons (Fsp3) is 0.333. The molecule has 0 radical (unpaired) electrons. The minimum Gasteiger partial charge on any atom is -0.497 e. The summed E-state index contributed by atoms with van der Waals surface area (Å²) in [5, 5.41) is 3.37. The highest BCUT2D eigenvalue weighted by molar-refractivity contribution is 6.30. The van der Waals surface area contributed by atoms with Crippen LogP contribution < -0.4 is 19.9 Å². The fourth-order valence-electron chi connectivity index (χ4n) is 2.93. The first-order chi connectivity index (χ1) is 12.1. The first kappa shape index (κ1) is 17.5. The molecule has 1 saturated heterocycles. The monoisotopic (exact) mass is 361 g/mol. The van der Waals surface area contributed by atoms with Gasteiger partial charge in [0.25, 0.3) is 5.91 Å². The molecule has 1 aromatic carbocycles. The van der Waals surface area contributed by atoms with E-state index in [4.69, 9.17) is 16.3 Å². The summed E-state index contributed by atoms with van der Waals surface area (Å²) in [6.45, 7) is 4.09. The number of carbonyl (C=O) groups is 1. The molecule has 2 heterocycles. The third-order valence-corrected chi connectivity index (χ3v) is 4.52. The number of nitrogens with zero attached hydrogens (tertiary/aromatic N) is 2. The second kappa shape index (κ2) is 8.18. The van der Waals surface area contributed by atoms with Crippen LogP contribution in [0.1, 0.15) is 0 Å². The first-order valence-electron chi connectivity index (χ1n) is 8.28. The van der Waals surface area contributed by atoms with E-state index in [-0.39, 0.29) is 5.91 Å². The van der Waals surface area contributed by atoms with E-state index in [0.717, 1.165) is 37.6 Å². The number of halogens is 1. The molecule has 25 heavy (non-hydrogen) atoms. The van der Waals surface area contributed by atoms with Gasteiger partial charge in [0.2, 0.25) is 0 Å². The minimum absolute atomic E-state index is 0.0281. The largest absolute Gasteiger partial charge is 0.497 e. The van der Waals surface area contributed by atoms with Crippen molar-refractivity contribution < 1.29 is 14.4 Å². The average molecular weight is 362 g/mol. The molecular formula is C18H22ClN4O2+. The lowest BCUT2D eigenvalue weighted by atomic mass is 10.2. The first-order valence-corrected chi connectivity index (χ1v) is 8.66. The molecule has 0 aliphatic carbocycles. The Morgan fingerprint density at radius 3 is 2.80 bits per heavy atom. The van der Waals surface area contributed by atoms with E-state index in [1.165, 1.54) is 11.1 Å². The number of methoxy groups -OCH3 is 1.